The summed E-state index contributed by atoms with van der Waals surface area (Å²) >= 11 is 0. The van der Waals surface area contributed by atoms with E-state index in [1.54, 1.807) is 0 Å². The average Bonchev–Trinajstić information content (AvgIpc) is 2.60. The number of benzene rings is 2. The third-order valence-electron chi connectivity index (χ3n) is 3.66. The lowest BCUT2D eigenvalue weighted by Crippen LogP contribution is -2.33. The normalized spacial score (nSPS) is 11.0. The largest absolute Gasteiger partial charge is 0.416 e. The summed E-state index contributed by atoms with van der Waals surface area (Å²) in [5.41, 5.74) is -0.621. The number of nitro benzene ring substituents is 1. The van der Waals surface area contributed by atoms with Gasteiger partial charge in [0.2, 0.25) is 5.91 Å². The monoisotopic (exact) mass is 381 g/mol. The van der Waals surface area contributed by atoms with Gasteiger partial charge in [-0.1, -0.05) is 6.07 Å². The van der Waals surface area contributed by atoms with Gasteiger partial charge >= 0.3 is 6.18 Å². The van der Waals surface area contributed by atoms with Crippen molar-refractivity contribution < 1.29 is 27.7 Å². The first-order valence-electron chi connectivity index (χ1n) is 7.59. The second kappa shape index (κ2) is 7.85. The Hall–Kier alpha value is -3.43. The summed E-state index contributed by atoms with van der Waals surface area (Å²) in [5.74, 6) is -1.37. The van der Waals surface area contributed by atoms with Crippen LogP contribution in [0.4, 0.5) is 24.5 Å². The Morgan fingerprint density at radius 1 is 1.11 bits per heavy atom. The molecular formula is C17H14F3N3O4. The van der Waals surface area contributed by atoms with Gasteiger partial charge in [-0.15, -0.1) is 0 Å². The van der Waals surface area contributed by atoms with Gasteiger partial charge in [0, 0.05) is 11.6 Å². The van der Waals surface area contributed by atoms with Crippen LogP contribution in [0.25, 0.3) is 0 Å². The lowest BCUT2D eigenvalue weighted by atomic mass is 10.1. The van der Waals surface area contributed by atoms with E-state index in [0.29, 0.717) is 0 Å². The second-order valence-electron chi connectivity index (χ2n) is 5.51. The van der Waals surface area contributed by atoms with Crippen molar-refractivity contribution in [3.8, 4) is 0 Å². The summed E-state index contributed by atoms with van der Waals surface area (Å²) in [6.07, 6.45) is -4.51. The minimum Gasteiger partial charge on any atom is -0.343 e. The molecule has 27 heavy (non-hydrogen) atoms. The molecule has 142 valence electrons. The van der Waals surface area contributed by atoms with E-state index in [1.165, 1.54) is 25.1 Å². The fraction of sp³-hybridized carbons (Fsp3) is 0.176. The maximum absolute atomic E-state index is 12.5. The summed E-state index contributed by atoms with van der Waals surface area (Å²) < 4.78 is 37.5. The maximum atomic E-state index is 12.5. The number of anilines is 1. The Kier molecular flexibility index (Phi) is 5.78. The molecule has 0 saturated heterocycles. The lowest BCUT2D eigenvalue weighted by Gasteiger charge is -2.10. The van der Waals surface area contributed by atoms with Crippen molar-refractivity contribution in [3.05, 3.63) is 69.3 Å². The van der Waals surface area contributed by atoms with Crippen molar-refractivity contribution in [1.29, 1.82) is 0 Å². The summed E-state index contributed by atoms with van der Waals surface area (Å²) in [6.45, 7) is 1.01. The molecule has 0 aromatic heterocycles. The number of nitrogens with zero attached hydrogens (tertiary/aromatic N) is 1. The van der Waals surface area contributed by atoms with Crippen LogP contribution in [0.15, 0.2) is 42.5 Å². The van der Waals surface area contributed by atoms with Gasteiger partial charge in [-0.25, -0.2) is 0 Å². The number of halogens is 3. The van der Waals surface area contributed by atoms with E-state index >= 15 is 0 Å². The molecule has 0 atom stereocenters. The molecule has 0 spiro atoms. The van der Waals surface area contributed by atoms with Gasteiger partial charge in [-0.3, -0.25) is 19.7 Å². The maximum Gasteiger partial charge on any atom is 0.416 e. The number of alkyl halides is 3. The highest BCUT2D eigenvalue weighted by atomic mass is 19.4. The molecule has 0 aliphatic carbocycles. The first kappa shape index (κ1) is 19.9. The van der Waals surface area contributed by atoms with Crippen molar-refractivity contribution in [2.75, 3.05) is 11.9 Å². The van der Waals surface area contributed by atoms with Gasteiger partial charge in [0.1, 0.15) is 0 Å². The molecule has 0 aliphatic rings. The van der Waals surface area contributed by atoms with Crippen molar-refractivity contribution >= 4 is 23.2 Å². The third-order valence-corrected chi connectivity index (χ3v) is 3.66. The van der Waals surface area contributed by atoms with Crippen LogP contribution in [0.3, 0.4) is 0 Å². The molecule has 0 unspecified atom stereocenters. The first-order chi connectivity index (χ1) is 12.6. The van der Waals surface area contributed by atoms with Crippen LogP contribution < -0.4 is 10.6 Å². The molecular weight excluding hydrogens is 367 g/mol. The van der Waals surface area contributed by atoms with Crippen LogP contribution in [0.2, 0.25) is 0 Å². The van der Waals surface area contributed by atoms with Crippen LogP contribution in [-0.2, 0) is 11.0 Å². The van der Waals surface area contributed by atoms with Crippen LogP contribution >= 0.6 is 0 Å². The minimum atomic E-state index is -4.51. The highest BCUT2D eigenvalue weighted by Crippen LogP contribution is 2.29. The molecule has 7 nitrogen and oxygen atoms in total. The second-order valence-corrected chi connectivity index (χ2v) is 5.51. The summed E-state index contributed by atoms with van der Waals surface area (Å²) in [5, 5.41) is 15.6. The first-order valence-corrected chi connectivity index (χ1v) is 7.59. The zero-order valence-electron chi connectivity index (χ0n) is 14.0. The van der Waals surface area contributed by atoms with Crippen LogP contribution in [0.5, 0.6) is 0 Å². The van der Waals surface area contributed by atoms with E-state index in [0.717, 1.165) is 24.3 Å². The molecule has 0 radical (unpaired) electrons. The molecule has 0 heterocycles. The van der Waals surface area contributed by atoms with Crippen LogP contribution in [-0.4, -0.2) is 23.3 Å². The molecule has 2 aromatic rings. The van der Waals surface area contributed by atoms with Crippen molar-refractivity contribution in [1.82, 2.24) is 5.32 Å². The Labute approximate surface area is 151 Å². The van der Waals surface area contributed by atoms with Gasteiger partial charge in [0.25, 0.3) is 11.6 Å². The molecule has 0 aliphatic heterocycles. The number of amides is 2. The number of nitro groups is 1. The number of hydrogen-bond acceptors (Lipinski definition) is 4. The SMILES string of the molecule is Cc1c(NC(=O)CNC(=O)c2ccc(C(F)(F)F)cc2)cccc1[N+](=O)[O-]. The quantitative estimate of drug-likeness (QED) is 0.613. The van der Waals surface area contributed by atoms with Gasteiger partial charge in [-0.2, -0.15) is 13.2 Å². The molecule has 2 aromatic carbocycles. The topological polar surface area (TPSA) is 101 Å². The molecule has 2 rings (SSSR count). The Balaban J connectivity index is 1.97. The Morgan fingerprint density at radius 3 is 2.30 bits per heavy atom. The van der Waals surface area contributed by atoms with E-state index < -0.39 is 35.0 Å². The highest BCUT2D eigenvalue weighted by Gasteiger charge is 2.30. The fourth-order valence-electron chi connectivity index (χ4n) is 2.22. The van der Waals surface area contributed by atoms with Crippen molar-refractivity contribution in [2.45, 2.75) is 13.1 Å². The highest BCUT2D eigenvalue weighted by molar-refractivity contribution is 5.99. The van der Waals surface area contributed by atoms with Gasteiger partial charge in [0.05, 0.1) is 28.3 Å². The molecule has 10 heteroatoms. The van der Waals surface area contributed by atoms with Gasteiger partial charge in [0.15, 0.2) is 0 Å². The van der Waals surface area contributed by atoms with Gasteiger partial charge < -0.3 is 10.6 Å². The molecule has 2 N–H and O–H groups in total. The van der Waals surface area contributed by atoms with Crippen molar-refractivity contribution in [3.63, 3.8) is 0 Å². The Bertz CT molecular complexity index is 880. The number of rotatable bonds is 5. The van der Waals surface area contributed by atoms with Crippen LogP contribution in [0.1, 0.15) is 21.5 Å². The standard InChI is InChI=1S/C17H14F3N3O4/c1-10-13(3-2-4-14(10)23(26)27)22-15(24)9-21-16(25)11-5-7-12(8-6-11)17(18,19)20/h2-8H,9H2,1H3,(H,21,25)(H,22,24). The predicted octanol–water partition coefficient (Wildman–Crippen LogP) is 3.29. The number of nitrogens with one attached hydrogen (secondary N) is 2. The van der Waals surface area contributed by atoms with Crippen molar-refractivity contribution in [2.24, 2.45) is 0 Å². The van der Waals surface area contributed by atoms with E-state index in [1.807, 2.05) is 0 Å². The minimum absolute atomic E-state index is 0.0395. The zero-order chi connectivity index (χ0) is 20.2. The molecule has 0 bridgehead atoms. The summed E-state index contributed by atoms with van der Waals surface area (Å²) in [6, 6.07) is 7.70. The van der Waals surface area contributed by atoms with E-state index in [9.17, 15) is 32.9 Å². The summed E-state index contributed by atoms with van der Waals surface area (Å²) in [7, 11) is 0. The van der Waals surface area contributed by atoms with E-state index in [4.69, 9.17) is 0 Å². The molecule has 0 saturated carbocycles. The Morgan fingerprint density at radius 2 is 1.74 bits per heavy atom. The zero-order valence-corrected chi connectivity index (χ0v) is 14.0. The lowest BCUT2D eigenvalue weighted by molar-refractivity contribution is -0.385. The van der Waals surface area contributed by atoms with Crippen LogP contribution in [0, 0.1) is 17.0 Å². The van der Waals surface area contributed by atoms with E-state index in [2.05, 4.69) is 10.6 Å². The molecule has 2 amide bonds. The van der Waals surface area contributed by atoms with Gasteiger partial charge in [-0.05, 0) is 37.3 Å². The smallest absolute Gasteiger partial charge is 0.343 e. The number of carbonyl (C=O) groups is 2. The third kappa shape index (κ3) is 5.03. The predicted molar refractivity (Wildman–Crippen MR) is 90.2 cm³/mol. The molecule has 0 fully saturated rings. The summed E-state index contributed by atoms with van der Waals surface area (Å²) in [4.78, 5) is 34.1. The fourth-order valence-corrected chi connectivity index (χ4v) is 2.22. The number of carbonyl (C=O) groups excluding carboxylic acids is 2. The number of hydrogen-bond donors (Lipinski definition) is 2. The van der Waals surface area contributed by atoms with E-state index in [-0.39, 0.29) is 22.5 Å². The average molecular weight is 381 g/mol.